The van der Waals surface area contributed by atoms with Crippen LogP contribution < -0.4 is 5.69 Å². The normalized spacial score (nSPS) is 12.8. The predicted octanol–water partition coefficient (Wildman–Crippen LogP) is 1.44. The van der Waals surface area contributed by atoms with Crippen molar-refractivity contribution in [2.75, 3.05) is 0 Å². The molecule has 1 heterocycles. The minimum atomic E-state index is -0.838. The Balaban J connectivity index is 2.61. The molecule has 2 aromatic rings. The summed E-state index contributed by atoms with van der Waals surface area (Å²) in [6, 6.07) is 5.50. The Hall–Kier alpha value is -2.04. The molecule has 0 spiro atoms. The van der Waals surface area contributed by atoms with Gasteiger partial charge in [-0.3, -0.25) is 9.36 Å². The summed E-state index contributed by atoms with van der Waals surface area (Å²) in [5.74, 6) is -0.965. The first-order valence-electron chi connectivity index (χ1n) is 5.40. The number of H-pyrrole nitrogens is 1. The molecule has 1 aromatic heterocycles. The monoisotopic (exact) mass is 234 g/mol. The number of imidazole rings is 1. The van der Waals surface area contributed by atoms with Gasteiger partial charge in [0.25, 0.3) is 0 Å². The smallest absolute Gasteiger partial charge is 0.326 e. The van der Waals surface area contributed by atoms with Crippen molar-refractivity contribution in [1.29, 1.82) is 0 Å². The van der Waals surface area contributed by atoms with Crippen molar-refractivity contribution in [3.8, 4) is 0 Å². The van der Waals surface area contributed by atoms with Gasteiger partial charge in [0.2, 0.25) is 0 Å². The van der Waals surface area contributed by atoms with Crippen molar-refractivity contribution >= 4 is 17.0 Å². The molecule has 2 N–H and O–H groups in total. The fraction of sp³-hybridized carbons (Fsp3) is 0.333. The quantitative estimate of drug-likeness (QED) is 0.843. The highest BCUT2D eigenvalue weighted by Gasteiger charge is 2.15. The first kappa shape index (κ1) is 11.4. The molecule has 5 heteroatoms. The molecule has 5 nitrogen and oxygen atoms in total. The van der Waals surface area contributed by atoms with Gasteiger partial charge in [-0.15, -0.1) is 0 Å². The van der Waals surface area contributed by atoms with Gasteiger partial charge in [-0.1, -0.05) is 19.1 Å². The molecular weight excluding hydrogens is 220 g/mol. The maximum atomic E-state index is 11.5. The second-order valence-corrected chi connectivity index (χ2v) is 4.23. The average molecular weight is 234 g/mol. The van der Waals surface area contributed by atoms with E-state index in [1.807, 2.05) is 25.1 Å². The number of fused-ring (bicyclic) bond motifs is 1. The number of hydrogen-bond acceptors (Lipinski definition) is 2. The molecule has 0 aliphatic carbocycles. The van der Waals surface area contributed by atoms with Crippen LogP contribution in [0, 0.1) is 0 Å². The van der Waals surface area contributed by atoms with Gasteiger partial charge in [0.05, 0.1) is 17.5 Å². The number of benzene rings is 1. The molecule has 0 radical (unpaired) electrons. The number of carbonyl (C=O) groups is 1. The van der Waals surface area contributed by atoms with Crippen LogP contribution >= 0.6 is 0 Å². The van der Waals surface area contributed by atoms with E-state index in [9.17, 15) is 9.59 Å². The second-order valence-electron chi connectivity index (χ2n) is 4.23. The zero-order valence-electron chi connectivity index (χ0n) is 9.73. The van der Waals surface area contributed by atoms with E-state index in [-0.39, 0.29) is 18.0 Å². The minimum absolute atomic E-state index is 0.0541. The van der Waals surface area contributed by atoms with Gasteiger partial charge in [-0.05, 0) is 17.5 Å². The summed E-state index contributed by atoms with van der Waals surface area (Å²) in [7, 11) is 1.68. The van der Waals surface area contributed by atoms with Gasteiger partial charge in [0.15, 0.2) is 0 Å². The molecule has 17 heavy (non-hydrogen) atoms. The summed E-state index contributed by atoms with van der Waals surface area (Å²) in [5, 5.41) is 8.82. The molecule has 1 atom stereocenters. The van der Waals surface area contributed by atoms with Gasteiger partial charge < -0.3 is 10.1 Å². The zero-order valence-corrected chi connectivity index (χ0v) is 9.73. The number of aromatic amines is 1. The number of aliphatic carboxylic acids is 1. The fourth-order valence-corrected chi connectivity index (χ4v) is 2.11. The van der Waals surface area contributed by atoms with E-state index in [0.29, 0.717) is 0 Å². The summed E-state index contributed by atoms with van der Waals surface area (Å²) in [5.41, 5.74) is 2.22. The largest absolute Gasteiger partial charge is 0.481 e. The Morgan fingerprint density at radius 3 is 2.88 bits per heavy atom. The maximum Gasteiger partial charge on any atom is 0.326 e. The highest BCUT2D eigenvalue weighted by Crippen LogP contribution is 2.25. The molecule has 0 bridgehead atoms. The van der Waals surface area contributed by atoms with Crippen molar-refractivity contribution in [3.63, 3.8) is 0 Å². The molecule has 0 aliphatic heterocycles. The van der Waals surface area contributed by atoms with Gasteiger partial charge in [0, 0.05) is 7.05 Å². The molecule has 0 aliphatic rings. The first-order valence-corrected chi connectivity index (χ1v) is 5.40. The van der Waals surface area contributed by atoms with E-state index in [1.165, 1.54) is 4.57 Å². The zero-order chi connectivity index (χ0) is 12.6. The van der Waals surface area contributed by atoms with Gasteiger partial charge in [-0.2, -0.15) is 0 Å². The molecule has 2 rings (SSSR count). The van der Waals surface area contributed by atoms with E-state index in [2.05, 4.69) is 4.98 Å². The van der Waals surface area contributed by atoms with Crippen LogP contribution in [0.5, 0.6) is 0 Å². The molecule has 0 saturated carbocycles. The molecule has 0 saturated heterocycles. The van der Waals surface area contributed by atoms with Crippen molar-refractivity contribution in [3.05, 3.63) is 34.2 Å². The van der Waals surface area contributed by atoms with E-state index in [1.54, 1.807) is 7.05 Å². The standard InChI is InChI=1S/C12H14N2O3/c1-7(6-10(15)16)8-4-3-5-9-11(8)14(2)12(17)13-9/h3-5,7H,6H2,1-2H3,(H,13,17)(H,15,16). The van der Waals surface area contributed by atoms with Crippen molar-refractivity contribution in [2.24, 2.45) is 7.05 Å². The third-order valence-electron chi connectivity index (χ3n) is 2.96. The number of nitrogens with one attached hydrogen (secondary N) is 1. The van der Waals surface area contributed by atoms with E-state index in [0.717, 1.165) is 16.6 Å². The number of hydrogen-bond donors (Lipinski definition) is 2. The molecule has 1 unspecified atom stereocenters. The van der Waals surface area contributed by atoms with Gasteiger partial charge >= 0.3 is 11.7 Å². The van der Waals surface area contributed by atoms with Crippen LogP contribution in [0.3, 0.4) is 0 Å². The van der Waals surface area contributed by atoms with Crippen molar-refractivity contribution < 1.29 is 9.90 Å². The third kappa shape index (κ3) is 1.95. The lowest BCUT2D eigenvalue weighted by Crippen LogP contribution is -2.13. The van der Waals surface area contributed by atoms with Crippen LogP contribution in [0.2, 0.25) is 0 Å². The third-order valence-corrected chi connectivity index (χ3v) is 2.96. The van der Waals surface area contributed by atoms with Crippen LogP contribution in [0.15, 0.2) is 23.0 Å². The van der Waals surface area contributed by atoms with Gasteiger partial charge in [0.1, 0.15) is 0 Å². The van der Waals surface area contributed by atoms with Gasteiger partial charge in [-0.25, -0.2) is 4.79 Å². The number of para-hydroxylation sites is 1. The highest BCUT2D eigenvalue weighted by molar-refractivity contribution is 5.80. The number of aryl methyl sites for hydroxylation is 1. The van der Waals surface area contributed by atoms with Crippen molar-refractivity contribution in [1.82, 2.24) is 9.55 Å². The van der Waals surface area contributed by atoms with Crippen LogP contribution in [-0.2, 0) is 11.8 Å². The average Bonchev–Trinajstić information content (AvgIpc) is 2.54. The predicted molar refractivity (Wildman–Crippen MR) is 64.2 cm³/mol. The summed E-state index contributed by atoms with van der Waals surface area (Å²) in [4.78, 5) is 25.0. The summed E-state index contributed by atoms with van der Waals surface area (Å²) in [6.07, 6.45) is 0.0541. The van der Waals surface area contributed by atoms with Crippen LogP contribution in [-0.4, -0.2) is 20.6 Å². The summed E-state index contributed by atoms with van der Waals surface area (Å²) < 4.78 is 1.52. The second kappa shape index (κ2) is 4.08. The molecule has 90 valence electrons. The Kier molecular flexibility index (Phi) is 2.75. The lowest BCUT2D eigenvalue weighted by atomic mass is 9.96. The molecule has 0 amide bonds. The van der Waals surface area contributed by atoms with Crippen LogP contribution in [0.4, 0.5) is 0 Å². The highest BCUT2D eigenvalue weighted by atomic mass is 16.4. The van der Waals surface area contributed by atoms with E-state index in [4.69, 9.17) is 5.11 Å². The number of carboxylic acid groups (broad SMARTS) is 1. The fourth-order valence-electron chi connectivity index (χ4n) is 2.11. The Bertz CT molecular complexity index is 624. The lowest BCUT2D eigenvalue weighted by molar-refractivity contribution is -0.137. The topological polar surface area (TPSA) is 75.1 Å². The SMILES string of the molecule is CC(CC(=O)O)c1cccc2[nH]c(=O)n(C)c12. The summed E-state index contributed by atoms with van der Waals surface area (Å²) >= 11 is 0. The molecular formula is C12H14N2O3. The Labute approximate surface area is 97.7 Å². The van der Waals surface area contributed by atoms with Crippen LogP contribution in [0.25, 0.3) is 11.0 Å². The van der Waals surface area contributed by atoms with Crippen molar-refractivity contribution in [2.45, 2.75) is 19.3 Å². The molecule has 1 aromatic carbocycles. The lowest BCUT2D eigenvalue weighted by Gasteiger charge is -2.11. The Morgan fingerprint density at radius 2 is 2.24 bits per heavy atom. The maximum absolute atomic E-state index is 11.5. The first-order chi connectivity index (χ1) is 8.00. The van der Waals surface area contributed by atoms with E-state index >= 15 is 0 Å². The number of nitrogens with zero attached hydrogens (tertiary/aromatic N) is 1. The van der Waals surface area contributed by atoms with Crippen LogP contribution in [0.1, 0.15) is 24.8 Å². The number of aromatic nitrogens is 2. The number of rotatable bonds is 3. The number of carboxylic acids is 1. The minimum Gasteiger partial charge on any atom is -0.481 e. The Morgan fingerprint density at radius 1 is 1.53 bits per heavy atom. The van der Waals surface area contributed by atoms with E-state index < -0.39 is 5.97 Å². The molecule has 0 fully saturated rings. The summed E-state index contributed by atoms with van der Waals surface area (Å²) in [6.45, 7) is 1.85.